The van der Waals surface area contributed by atoms with Crippen LogP contribution in [0.1, 0.15) is 42.5 Å². The van der Waals surface area contributed by atoms with E-state index in [4.69, 9.17) is 19.6 Å². The van der Waals surface area contributed by atoms with Crippen molar-refractivity contribution in [2.75, 3.05) is 30.6 Å². The molecule has 0 amide bonds. The first-order chi connectivity index (χ1) is 27.3. The van der Waals surface area contributed by atoms with E-state index in [0.717, 1.165) is 17.1 Å². The Hall–Kier alpha value is -7.60. The average molecular weight is 744 g/mol. The molecule has 0 bridgehead atoms. The van der Waals surface area contributed by atoms with Crippen LogP contribution in [-0.2, 0) is 22.6 Å². The number of hydrogen-bond acceptors (Lipinski definition) is 12. The fourth-order valence-electron chi connectivity index (χ4n) is 6.98. The van der Waals surface area contributed by atoms with E-state index < -0.39 is 11.9 Å². The molecule has 4 N–H and O–H groups in total. The molecule has 8 rings (SSSR count). The molecule has 276 valence electrons. The zero-order chi connectivity index (χ0) is 38.9. The van der Waals surface area contributed by atoms with Crippen LogP contribution in [0.2, 0.25) is 0 Å². The lowest BCUT2D eigenvalue weighted by Gasteiger charge is -2.21. The molecule has 2 aromatic heterocycles. The molecule has 0 saturated carbocycles. The maximum Gasteiger partial charge on any atom is 0.356 e. The van der Waals surface area contributed by atoms with Crippen molar-refractivity contribution < 1.29 is 28.3 Å². The zero-order valence-corrected chi connectivity index (χ0v) is 30.2. The number of methoxy groups -OCH3 is 2. The molecule has 0 fully saturated rings. The third kappa shape index (κ3) is 6.28. The molecule has 12 nitrogen and oxygen atoms in total. The molecule has 0 saturated heterocycles. The fraction of sp³-hybridized carbons (Fsp3) is 0.0909. The number of fused-ring (bicyclic) bond motifs is 4. The predicted octanol–water partition coefficient (Wildman–Crippen LogP) is 7.85. The van der Waals surface area contributed by atoms with E-state index in [9.17, 15) is 19.2 Å². The Morgan fingerprint density at radius 1 is 0.696 bits per heavy atom. The van der Waals surface area contributed by atoms with E-state index in [-0.39, 0.29) is 29.9 Å². The summed E-state index contributed by atoms with van der Waals surface area (Å²) in [6.45, 7) is 0.203. The predicted molar refractivity (Wildman–Crippen MR) is 215 cm³/mol. The maximum absolute atomic E-state index is 13.8. The number of aromatic nitrogens is 2. The van der Waals surface area contributed by atoms with Crippen molar-refractivity contribution in [3.05, 3.63) is 147 Å². The normalized spacial score (nSPS) is 11.2. The van der Waals surface area contributed by atoms with Gasteiger partial charge in [-0.05, 0) is 54.1 Å². The molecule has 0 spiro atoms. The second-order valence-electron chi connectivity index (χ2n) is 12.9. The topological polar surface area (TPSA) is 176 Å². The van der Waals surface area contributed by atoms with Crippen LogP contribution in [0.5, 0.6) is 0 Å². The third-order valence-electron chi connectivity index (χ3n) is 9.75. The van der Waals surface area contributed by atoms with Crippen molar-refractivity contribution >= 4 is 68.1 Å². The average Bonchev–Trinajstić information content (AvgIpc) is 3.24. The molecular weight excluding hydrogens is 711 g/mol. The summed E-state index contributed by atoms with van der Waals surface area (Å²) in [6, 6.07) is 32.0. The van der Waals surface area contributed by atoms with E-state index in [1.54, 1.807) is 48.5 Å². The Morgan fingerprint density at radius 3 is 1.91 bits per heavy atom. The van der Waals surface area contributed by atoms with Gasteiger partial charge in [0.2, 0.25) is 0 Å². The molecule has 1 aliphatic carbocycles. The van der Waals surface area contributed by atoms with Gasteiger partial charge in [-0.1, -0.05) is 60.7 Å². The summed E-state index contributed by atoms with van der Waals surface area (Å²) in [7, 11) is 2.60. The number of anilines is 3. The number of rotatable bonds is 10. The highest BCUT2D eigenvalue weighted by Gasteiger charge is 2.25. The second-order valence-corrected chi connectivity index (χ2v) is 12.9. The number of nitrogens with one attached hydrogen (secondary N) is 2. The zero-order valence-electron chi connectivity index (χ0n) is 30.2. The summed E-state index contributed by atoms with van der Waals surface area (Å²) in [4.78, 5) is 60.0. The van der Waals surface area contributed by atoms with Crippen LogP contribution in [0.4, 0.5) is 17.1 Å². The minimum Gasteiger partial charge on any atom is -0.464 e. The molecule has 2 aliphatic rings. The van der Waals surface area contributed by atoms with Crippen molar-refractivity contribution in [1.82, 2.24) is 9.97 Å². The van der Waals surface area contributed by atoms with Crippen molar-refractivity contribution in [3.63, 3.8) is 0 Å². The third-order valence-corrected chi connectivity index (χ3v) is 9.75. The van der Waals surface area contributed by atoms with Gasteiger partial charge in [-0.15, -0.1) is 0 Å². The summed E-state index contributed by atoms with van der Waals surface area (Å²) in [5, 5.41) is 9.04. The molecule has 3 heterocycles. The maximum atomic E-state index is 13.8. The lowest BCUT2D eigenvalue weighted by molar-refractivity contribution is 0.0586. The Bertz CT molecular complexity index is 2900. The number of carbonyl (C=O) groups is 3. The summed E-state index contributed by atoms with van der Waals surface area (Å²) in [6.07, 6.45) is 0.799. The number of esters is 2. The smallest absolute Gasteiger partial charge is 0.356 e. The van der Waals surface area contributed by atoms with E-state index in [1.165, 1.54) is 20.3 Å². The van der Waals surface area contributed by atoms with Crippen LogP contribution in [0.25, 0.3) is 55.2 Å². The van der Waals surface area contributed by atoms with Crippen LogP contribution in [-0.4, -0.2) is 42.4 Å². The lowest BCUT2D eigenvalue weighted by atomic mass is 9.88. The van der Waals surface area contributed by atoms with Gasteiger partial charge in [0.25, 0.3) is 0 Å². The number of carbonyl (C=O) groups excluding carboxylic acids is 3. The quantitative estimate of drug-likeness (QED) is 0.0536. The Morgan fingerprint density at radius 2 is 1.30 bits per heavy atom. The second kappa shape index (κ2) is 14.7. The highest BCUT2D eigenvalue weighted by Crippen LogP contribution is 2.44. The standard InChI is InChI=1S/C44H33N5O7/c1-54-43(52)35-18-13-24-8-5-11-33(39(24)48-35)46-21-30-32(45)17-15-28-38(27-10-4-3-7-26(27)23-50)29-16-20-37(51)31(42(29)56-41(28)30)22-47-34-12-6-9-25-14-19-36(44(53)55-2)49-40(25)34/h3-20,23,46-47H,21-22,45H2,1-2H3. The summed E-state index contributed by atoms with van der Waals surface area (Å²) in [5.41, 5.74) is 13.2. The first-order valence-electron chi connectivity index (χ1n) is 17.6. The molecule has 0 atom stereocenters. The molecule has 0 radical (unpaired) electrons. The molecule has 4 aromatic carbocycles. The van der Waals surface area contributed by atoms with E-state index in [2.05, 4.69) is 20.6 Å². The molecule has 12 heteroatoms. The number of hydrogen-bond donors (Lipinski definition) is 3. The Kier molecular flexibility index (Phi) is 9.28. The number of benzene rings is 5. The molecular formula is C44H33N5O7. The monoisotopic (exact) mass is 743 g/mol. The van der Waals surface area contributed by atoms with Crippen LogP contribution in [0.3, 0.4) is 0 Å². The minimum absolute atomic E-state index is 0.0310. The van der Waals surface area contributed by atoms with Gasteiger partial charge in [0, 0.05) is 57.2 Å². The largest absolute Gasteiger partial charge is 0.464 e. The van der Waals surface area contributed by atoms with Crippen molar-refractivity contribution in [2.24, 2.45) is 0 Å². The summed E-state index contributed by atoms with van der Waals surface area (Å²) >= 11 is 0. The van der Waals surface area contributed by atoms with Gasteiger partial charge in [0.15, 0.2) is 11.7 Å². The number of pyridine rings is 2. The molecule has 56 heavy (non-hydrogen) atoms. The van der Waals surface area contributed by atoms with Crippen LogP contribution < -0.4 is 21.8 Å². The van der Waals surface area contributed by atoms with Crippen LogP contribution in [0.15, 0.2) is 118 Å². The van der Waals surface area contributed by atoms with Gasteiger partial charge < -0.3 is 30.3 Å². The number of nitrogen functional groups attached to an aromatic ring is 1. The highest BCUT2D eigenvalue weighted by atomic mass is 16.5. The molecule has 0 unspecified atom stereocenters. The Labute approximate surface area is 319 Å². The molecule has 6 aromatic rings. The van der Waals surface area contributed by atoms with Crippen LogP contribution >= 0.6 is 0 Å². The number of nitrogens with zero attached hydrogens (tertiary/aromatic N) is 2. The molecule has 1 aliphatic heterocycles. The van der Waals surface area contributed by atoms with E-state index >= 15 is 0 Å². The summed E-state index contributed by atoms with van der Waals surface area (Å²) < 4.78 is 16.6. The van der Waals surface area contributed by atoms with Gasteiger partial charge in [-0.2, -0.15) is 0 Å². The van der Waals surface area contributed by atoms with Crippen molar-refractivity contribution in [1.29, 1.82) is 0 Å². The fourth-order valence-corrected chi connectivity index (χ4v) is 6.98. The number of para-hydroxylation sites is 2. The van der Waals surface area contributed by atoms with Gasteiger partial charge in [0.05, 0.1) is 42.2 Å². The minimum atomic E-state index is -0.571. The van der Waals surface area contributed by atoms with E-state index in [0.29, 0.717) is 78.2 Å². The first-order valence-corrected chi connectivity index (χ1v) is 17.6. The Balaban J connectivity index is 1.29. The van der Waals surface area contributed by atoms with Gasteiger partial charge in [-0.3, -0.25) is 9.59 Å². The highest BCUT2D eigenvalue weighted by molar-refractivity contribution is 6.07. The van der Waals surface area contributed by atoms with Crippen molar-refractivity contribution in [2.45, 2.75) is 13.1 Å². The lowest BCUT2D eigenvalue weighted by Crippen LogP contribution is -2.15. The number of ether oxygens (including phenoxy) is 2. The summed E-state index contributed by atoms with van der Waals surface area (Å²) in [5.74, 6) is -0.823. The number of nitrogens with two attached hydrogens (primary N) is 1. The first kappa shape index (κ1) is 35.4. The SMILES string of the molecule is COC(=O)c1ccc2cccc(NCc3c4oc5c(CNc6cccc7ccc(C(=O)OC)nc67)c(N)ccc5c(-c5ccccc5C=O)c-4ccc3=O)c2n1. The number of aldehydes is 1. The van der Waals surface area contributed by atoms with Gasteiger partial charge in [0.1, 0.15) is 22.7 Å². The van der Waals surface area contributed by atoms with Crippen molar-refractivity contribution in [3.8, 4) is 22.5 Å². The van der Waals surface area contributed by atoms with Crippen LogP contribution in [0, 0.1) is 0 Å². The van der Waals surface area contributed by atoms with Gasteiger partial charge >= 0.3 is 11.9 Å². The van der Waals surface area contributed by atoms with Gasteiger partial charge in [-0.25, -0.2) is 19.6 Å². The van der Waals surface area contributed by atoms with E-state index in [1.807, 2.05) is 54.6 Å².